The predicted octanol–water partition coefficient (Wildman–Crippen LogP) is 0.777. The molecule has 0 atom stereocenters. The second kappa shape index (κ2) is 5.53. The molecule has 1 amide bonds. The zero-order valence-corrected chi connectivity index (χ0v) is 9.50. The number of aromatic nitrogens is 3. The van der Waals surface area contributed by atoms with Crippen molar-refractivity contribution in [2.45, 2.75) is 0 Å². The number of amides is 1. The summed E-state index contributed by atoms with van der Waals surface area (Å²) in [6, 6.07) is 3.61. The Balaban J connectivity index is 1.93. The Morgan fingerprint density at radius 1 is 1.11 bits per heavy atom. The van der Waals surface area contributed by atoms with Crippen LogP contribution in [0.5, 0.6) is 0 Å². The number of nitrogens with zero attached hydrogens (tertiary/aromatic N) is 3. The highest BCUT2D eigenvalue weighted by atomic mass is 16.2. The molecule has 6 nitrogen and oxygen atoms in total. The predicted molar refractivity (Wildman–Crippen MR) is 65.9 cm³/mol. The maximum atomic E-state index is 11.6. The molecule has 0 unspecified atom stereocenters. The molecule has 2 rings (SSSR count). The number of nitrogens with one attached hydrogen (secondary N) is 2. The average molecular weight is 241 g/mol. The van der Waals surface area contributed by atoms with Crippen molar-refractivity contribution in [1.82, 2.24) is 25.8 Å². The van der Waals surface area contributed by atoms with Gasteiger partial charge in [0.25, 0.3) is 5.91 Å². The summed E-state index contributed by atoms with van der Waals surface area (Å²) >= 11 is 0. The highest BCUT2D eigenvalue weighted by Gasteiger charge is 2.06. The first-order valence-electron chi connectivity index (χ1n) is 5.19. The molecule has 90 valence electrons. The van der Waals surface area contributed by atoms with Gasteiger partial charge >= 0.3 is 0 Å². The minimum absolute atomic E-state index is 0.226. The second-order valence-electron chi connectivity index (χ2n) is 3.39. The molecule has 0 aromatic carbocycles. The van der Waals surface area contributed by atoms with Gasteiger partial charge in [-0.05, 0) is 12.1 Å². The smallest absolute Gasteiger partial charge is 0.289 e. The van der Waals surface area contributed by atoms with Crippen molar-refractivity contribution in [1.29, 1.82) is 0 Å². The Morgan fingerprint density at radius 2 is 1.94 bits per heavy atom. The monoisotopic (exact) mass is 241 g/mol. The largest absolute Gasteiger partial charge is 0.298 e. The van der Waals surface area contributed by atoms with Gasteiger partial charge in [-0.15, -0.1) is 0 Å². The van der Waals surface area contributed by atoms with Crippen LogP contribution in [0.25, 0.3) is 5.70 Å². The van der Waals surface area contributed by atoms with E-state index in [0.717, 1.165) is 5.56 Å². The molecular formula is C12H11N5O. The van der Waals surface area contributed by atoms with Crippen molar-refractivity contribution >= 4 is 11.6 Å². The van der Waals surface area contributed by atoms with Gasteiger partial charge in [-0.2, -0.15) is 0 Å². The van der Waals surface area contributed by atoms with Crippen LogP contribution in [0, 0.1) is 0 Å². The first kappa shape index (κ1) is 11.7. The summed E-state index contributed by atoms with van der Waals surface area (Å²) in [5.74, 6) is -0.381. The third-order valence-electron chi connectivity index (χ3n) is 2.13. The maximum Gasteiger partial charge on any atom is 0.289 e. The molecule has 2 heterocycles. The minimum atomic E-state index is -0.381. The third kappa shape index (κ3) is 2.88. The van der Waals surface area contributed by atoms with Crippen LogP contribution in [0.3, 0.4) is 0 Å². The van der Waals surface area contributed by atoms with Gasteiger partial charge in [0, 0.05) is 30.4 Å². The van der Waals surface area contributed by atoms with Gasteiger partial charge in [0.2, 0.25) is 0 Å². The fourth-order valence-electron chi connectivity index (χ4n) is 1.23. The summed E-state index contributed by atoms with van der Waals surface area (Å²) in [6.45, 7) is 3.79. The number of pyridine rings is 1. The molecule has 18 heavy (non-hydrogen) atoms. The van der Waals surface area contributed by atoms with Crippen LogP contribution < -0.4 is 10.9 Å². The van der Waals surface area contributed by atoms with E-state index in [1.54, 1.807) is 18.5 Å². The van der Waals surface area contributed by atoms with Gasteiger partial charge in [-0.3, -0.25) is 25.6 Å². The van der Waals surface area contributed by atoms with Crippen LogP contribution in [0.2, 0.25) is 0 Å². The van der Waals surface area contributed by atoms with Crippen molar-refractivity contribution in [3.8, 4) is 0 Å². The van der Waals surface area contributed by atoms with Gasteiger partial charge < -0.3 is 0 Å². The molecule has 0 aliphatic heterocycles. The number of carbonyl (C=O) groups excluding carboxylic acids is 1. The Morgan fingerprint density at radius 3 is 2.61 bits per heavy atom. The van der Waals surface area contributed by atoms with Crippen LogP contribution in [0.4, 0.5) is 0 Å². The zero-order valence-electron chi connectivity index (χ0n) is 9.50. The molecule has 0 saturated heterocycles. The van der Waals surface area contributed by atoms with Crippen LogP contribution in [0.15, 0.2) is 49.7 Å². The average Bonchev–Trinajstić information content (AvgIpc) is 2.46. The summed E-state index contributed by atoms with van der Waals surface area (Å²) in [5.41, 5.74) is 6.73. The summed E-state index contributed by atoms with van der Waals surface area (Å²) in [5, 5.41) is 0. The molecule has 0 radical (unpaired) electrons. The molecule has 2 aromatic rings. The number of hydrogen-bond donors (Lipinski definition) is 2. The van der Waals surface area contributed by atoms with Gasteiger partial charge in [-0.1, -0.05) is 6.58 Å². The quantitative estimate of drug-likeness (QED) is 0.773. The van der Waals surface area contributed by atoms with Crippen molar-refractivity contribution in [2.24, 2.45) is 0 Å². The number of hydrazine groups is 1. The Hall–Kier alpha value is -2.76. The molecule has 0 bridgehead atoms. The zero-order chi connectivity index (χ0) is 12.8. The van der Waals surface area contributed by atoms with Crippen molar-refractivity contribution < 1.29 is 4.79 Å². The fourth-order valence-corrected chi connectivity index (χ4v) is 1.23. The molecular weight excluding hydrogens is 230 g/mol. The SMILES string of the molecule is C=C(NNC(=O)c1cnccn1)c1cccnc1. The van der Waals surface area contributed by atoms with Crippen molar-refractivity contribution in [3.05, 3.63) is 61.0 Å². The molecule has 0 spiro atoms. The minimum Gasteiger partial charge on any atom is -0.298 e. The van der Waals surface area contributed by atoms with Gasteiger partial charge in [0.1, 0.15) is 5.69 Å². The first-order valence-corrected chi connectivity index (χ1v) is 5.19. The van der Waals surface area contributed by atoms with Crippen LogP contribution in [0.1, 0.15) is 16.1 Å². The van der Waals surface area contributed by atoms with E-state index in [1.807, 2.05) is 6.07 Å². The third-order valence-corrected chi connectivity index (χ3v) is 2.13. The molecule has 6 heteroatoms. The van der Waals surface area contributed by atoms with Crippen LogP contribution in [-0.2, 0) is 0 Å². The normalized spacial score (nSPS) is 9.56. The molecule has 0 aliphatic carbocycles. The maximum absolute atomic E-state index is 11.6. The Bertz CT molecular complexity index is 489. The van der Waals surface area contributed by atoms with E-state index < -0.39 is 0 Å². The van der Waals surface area contributed by atoms with Gasteiger partial charge in [0.05, 0.1) is 11.9 Å². The summed E-state index contributed by atoms with van der Waals surface area (Å²) in [4.78, 5) is 23.3. The van der Waals surface area contributed by atoms with E-state index in [4.69, 9.17) is 0 Å². The fraction of sp³-hybridized carbons (Fsp3) is 0. The lowest BCUT2D eigenvalue weighted by Crippen LogP contribution is -2.36. The number of carbonyl (C=O) groups is 1. The lowest BCUT2D eigenvalue weighted by molar-refractivity contribution is 0.0937. The molecule has 0 fully saturated rings. The standard InChI is InChI=1S/C12H11N5O/c1-9(10-3-2-4-13-7-10)16-17-12(18)11-8-14-5-6-15-11/h2-8,16H,1H2,(H,17,18). The molecule has 0 aliphatic rings. The molecule has 2 aromatic heterocycles. The van der Waals surface area contributed by atoms with Crippen LogP contribution >= 0.6 is 0 Å². The van der Waals surface area contributed by atoms with Gasteiger partial charge in [0.15, 0.2) is 0 Å². The lowest BCUT2D eigenvalue weighted by atomic mass is 10.2. The number of hydrogen-bond acceptors (Lipinski definition) is 5. The van der Waals surface area contributed by atoms with E-state index in [9.17, 15) is 4.79 Å². The van der Waals surface area contributed by atoms with E-state index >= 15 is 0 Å². The van der Waals surface area contributed by atoms with Crippen molar-refractivity contribution in [2.75, 3.05) is 0 Å². The Labute approximate surface area is 104 Å². The highest BCUT2D eigenvalue weighted by Crippen LogP contribution is 2.05. The first-order chi connectivity index (χ1) is 8.77. The Kier molecular flexibility index (Phi) is 3.60. The number of rotatable bonds is 4. The van der Waals surface area contributed by atoms with E-state index in [2.05, 4.69) is 32.4 Å². The molecule has 0 saturated carbocycles. The lowest BCUT2D eigenvalue weighted by Gasteiger charge is -2.10. The summed E-state index contributed by atoms with van der Waals surface area (Å²) < 4.78 is 0. The van der Waals surface area contributed by atoms with E-state index in [1.165, 1.54) is 18.6 Å². The summed E-state index contributed by atoms with van der Waals surface area (Å²) in [7, 11) is 0. The van der Waals surface area contributed by atoms with Gasteiger partial charge in [-0.25, -0.2) is 4.98 Å². The molecule has 2 N–H and O–H groups in total. The van der Waals surface area contributed by atoms with E-state index in [-0.39, 0.29) is 11.6 Å². The van der Waals surface area contributed by atoms with Crippen molar-refractivity contribution in [3.63, 3.8) is 0 Å². The highest BCUT2D eigenvalue weighted by molar-refractivity contribution is 5.92. The summed E-state index contributed by atoms with van der Waals surface area (Å²) in [6.07, 6.45) is 7.63. The van der Waals surface area contributed by atoms with E-state index in [0.29, 0.717) is 5.70 Å². The van der Waals surface area contributed by atoms with Crippen LogP contribution in [-0.4, -0.2) is 20.9 Å². The topological polar surface area (TPSA) is 79.8 Å². The second-order valence-corrected chi connectivity index (χ2v) is 3.39.